The summed E-state index contributed by atoms with van der Waals surface area (Å²) in [4.78, 5) is 0. The average Bonchev–Trinajstić information content (AvgIpc) is 2.82. The molecule has 3 nitrogen and oxygen atoms in total. The van der Waals surface area contributed by atoms with E-state index in [1.165, 1.54) is 37.1 Å². The number of aliphatic hydroxyl groups is 1. The fourth-order valence-electron chi connectivity index (χ4n) is 3.38. The second kappa shape index (κ2) is 6.59. The summed E-state index contributed by atoms with van der Waals surface area (Å²) in [5.41, 5.74) is 2.49. The Balaban J connectivity index is 1.99. The van der Waals surface area contributed by atoms with Crippen molar-refractivity contribution in [3.63, 3.8) is 0 Å². The molecule has 1 aliphatic rings. The van der Waals surface area contributed by atoms with E-state index in [1.807, 2.05) is 6.07 Å². The van der Waals surface area contributed by atoms with Crippen LogP contribution in [0.15, 0.2) is 18.2 Å². The van der Waals surface area contributed by atoms with Crippen molar-refractivity contribution in [3.8, 4) is 5.75 Å². The van der Waals surface area contributed by atoms with Gasteiger partial charge in [0.25, 0.3) is 0 Å². The molecule has 0 saturated carbocycles. The molecule has 1 aromatic carbocycles. The Morgan fingerprint density at radius 1 is 1.23 bits per heavy atom. The van der Waals surface area contributed by atoms with E-state index in [1.54, 1.807) is 0 Å². The van der Waals surface area contributed by atoms with E-state index in [-0.39, 0.29) is 5.41 Å². The molecule has 22 heavy (non-hydrogen) atoms. The second-order valence-corrected chi connectivity index (χ2v) is 8.17. The van der Waals surface area contributed by atoms with Crippen molar-refractivity contribution in [2.75, 3.05) is 33.3 Å². The SMILES string of the molecule is Cc1ccc(OCC(O)C[N+]2(C)CCCC2)c(C(C)(C)C)c1. The van der Waals surface area contributed by atoms with Gasteiger partial charge in [0.05, 0.1) is 20.1 Å². The van der Waals surface area contributed by atoms with Gasteiger partial charge in [0.1, 0.15) is 25.0 Å². The van der Waals surface area contributed by atoms with Crippen LogP contribution in [0.5, 0.6) is 5.75 Å². The van der Waals surface area contributed by atoms with Gasteiger partial charge in [-0.1, -0.05) is 38.5 Å². The minimum absolute atomic E-state index is 0.0415. The summed E-state index contributed by atoms with van der Waals surface area (Å²) in [7, 11) is 2.24. The van der Waals surface area contributed by atoms with E-state index >= 15 is 0 Å². The van der Waals surface area contributed by atoms with Gasteiger partial charge in [-0.15, -0.1) is 0 Å². The zero-order chi connectivity index (χ0) is 16.4. The minimum atomic E-state index is -0.405. The van der Waals surface area contributed by atoms with Gasteiger partial charge in [0.15, 0.2) is 0 Å². The standard InChI is InChI=1S/C19H32NO2/c1-15-8-9-18(17(12-15)19(2,3)4)22-14-16(21)13-20(5)10-6-7-11-20/h8-9,12,16,21H,6-7,10-11,13-14H2,1-5H3/q+1. The molecule has 0 amide bonds. The molecule has 0 spiro atoms. The van der Waals surface area contributed by atoms with Crippen LogP contribution in [0, 0.1) is 6.92 Å². The highest BCUT2D eigenvalue weighted by atomic mass is 16.5. The number of hydrogen-bond acceptors (Lipinski definition) is 2. The van der Waals surface area contributed by atoms with Crippen molar-refractivity contribution >= 4 is 0 Å². The van der Waals surface area contributed by atoms with E-state index in [0.29, 0.717) is 6.61 Å². The summed E-state index contributed by atoms with van der Waals surface area (Å²) in [5.74, 6) is 0.904. The zero-order valence-corrected chi connectivity index (χ0v) is 14.9. The second-order valence-electron chi connectivity index (χ2n) is 8.17. The summed E-state index contributed by atoms with van der Waals surface area (Å²) < 4.78 is 6.95. The molecule has 0 bridgehead atoms. The number of likely N-dealkylation sites (N-methyl/N-ethyl adjacent to an activating group) is 1. The molecule has 1 N–H and O–H groups in total. The van der Waals surface area contributed by atoms with Crippen molar-refractivity contribution in [3.05, 3.63) is 29.3 Å². The molecule has 1 unspecified atom stereocenters. The zero-order valence-electron chi connectivity index (χ0n) is 14.9. The highest BCUT2D eigenvalue weighted by Gasteiger charge is 2.30. The van der Waals surface area contributed by atoms with Crippen LogP contribution in [0.4, 0.5) is 0 Å². The summed E-state index contributed by atoms with van der Waals surface area (Å²) in [6.45, 7) is 12.2. The van der Waals surface area contributed by atoms with Crippen molar-refractivity contribution in [2.24, 2.45) is 0 Å². The average molecular weight is 306 g/mol. The predicted octanol–water partition coefficient (Wildman–Crippen LogP) is 3.27. The third kappa shape index (κ3) is 4.47. The van der Waals surface area contributed by atoms with Gasteiger partial charge < -0.3 is 14.3 Å². The highest BCUT2D eigenvalue weighted by Crippen LogP contribution is 2.32. The number of aliphatic hydroxyl groups excluding tert-OH is 1. The van der Waals surface area contributed by atoms with Gasteiger partial charge in [-0.2, -0.15) is 0 Å². The Morgan fingerprint density at radius 2 is 1.86 bits per heavy atom. The number of likely N-dealkylation sites (tertiary alicyclic amines) is 1. The van der Waals surface area contributed by atoms with Crippen molar-refractivity contribution in [1.82, 2.24) is 0 Å². The number of rotatable bonds is 5. The number of nitrogens with zero attached hydrogens (tertiary/aromatic N) is 1. The van der Waals surface area contributed by atoms with E-state index in [4.69, 9.17) is 4.74 Å². The van der Waals surface area contributed by atoms with Crippen LogP contribution in [0.25, 0.3) is 0 Å². The van der Waals surface area contributed by atoms with Crippen molar-refractivity contribution < 1.29 is 14.3 Å². The molecule has 2 rings (SSSR count). The van der Waals surface area contributed by atoms with Crippen LogP contribution in [0.1, 0.15) is 44.7 Å². The number of benzene rings is 1. The fourth-order valence-corrected chi connectivity index (χ4v) is 3.38. The Labute approximate surface area is 135 Å². The van der Waals surface area contributed by atoms with Crippen molar-refractivity contribution in [2.45, 2.75) is 52.1 Å². The Morgan fingerprint density at radius 3 is 2.45 bits per heavy atom. The Bertz CT molecular complexity index is 499. The van der Waals surface area contributed by atoms with E-state index in [0.717, 1.165) is 16.8 Å². The molecule has 1 atom stereocenters. The molecule has 124 valence electrons. The topological polar surface area (TPSA) is 29.5 Å². The predicted molar refractivity (Wildman–Crippen MR) is 91.4 cm³/mol. The summed E-state index contributed by atoms with van der Waals surface area (Å²) >= 11 is 0. The maximum absolute atomic E-state index is 10.3. The van der Waals surface area contributed by atoms with Crippen LogP contribution >= 0.6 is 0 Å². The summed E-state index contributed by atoms with van der Waals surface area (Å²) in [6, 6.07) is 6.30. The fraction of sp³-hybridized carbons (Fsp3) is 0.684. The smallest absolute Gasteiger partial charge is 0.137 e. The van der Waals surface area contributed by atoms with E-state index < -0.39 is 6.10 Å². The Hall–Kier alpha value is -1.06. The molecule has 0 radical (unpaired) electrons. The summed E-state index contributed by atoms with van der Waals surface area (Å²) in [5, 5.41) is 10.3. The molecular weight excluding hydrogens is 274 g/mol. The lowest BCUT2D eigenvalue weighted by Crippen LogP contribution is -2.47. The molecule has 1 heterocycles. The minimum Gasteiger partial charge on any atom is -0.490 e. The lowest BCUT2D eigenvalue weighted by molar-refractivity contribution is -0.900. The van der Waals surface area contributed by atoms with Crippen LogP contribution < -0.4 is 4.74 Å². The number of aryl methyl sites for hydroxylation is 1. The molecule has 1 aromatic rings. The van der Waals surface area contributed by atoms with E-state index in [9.17, 15) is 5.11 Å². The van der Waals surface area contributed by atoms with Gasteiger partial charge >= 0.3 is 0 Å². The normalized spacial score (nSPS) is 19.2. The highest BCUT2D eigenvalue weighted by molar-refractivity contribution is 5.41. The maximum atomic E-state index is 10.3. The van der Waals surface area contributed by atoms with Crippen LogP contribution in [-0.4, -0.2) is 49.0 Å². The lowest BCUT2D eigenvalue weighted by atomic mass is 9.85. The van der Waals surface area contributed by atoms with Gasteiger partial charge in [-0.3, -0.25) is 0 Å². The van der Waals surface area contributed by atoms with Crippen LogP contribution in [0.3, 0.4) is 0 Å². The quantitative estimate of drug-likeness (QED) is 0.846. The molecule has 0 aliphatic carbocycles. The maximum Gasteiger partial charge on any atom is 0.137 e. The Kier molecular flexibility index (Phi) is 5.18. The third-order valence-electron chi connectivity index (χ3n) is 4.67. The molecular formula is C19H32NO2+. The van der Waals surface area contributed by atoms with Gasteiger partial charge in [0, 0.05) is 12.8 Å². The largest absolute Gasteiger partial charge is 0.490 e. The van der Waals surface area contributed by atoms with Crippen LogP contribution in [-0.2, 0) is 5.41 Å². The first kappa shape index (κ1) is 17.3. The lowest BCUT2D eigenvalue weighted by Gasteiger charge is -2.31. The number of ether oxygens (including phenoxy) is 1. The first-order chi connectivity index (χ1) is 10.2. The van der Waals surface area contributed by atoms with Gasteiger partial charge in [-0.25, -0.2) is 0 Å². The number of quaternary nitrogens is 1. The van der Waals surface area contributed by atoms with Gasteiger partial charge in [-0.05, 0) is 24.0 Å². The van der Waals surface area contributed by atoms with E-state index in [2.05, 4.69) is 46.9 Å². The molecule has 0 aromatic heterocycles. The molecule has 1 fully saturated rings. The molecule has 3 heteroatoms. The third-order valence-corrected chi connectivity index (χ3v) is 4.67. The first-order valence-corrected chi connectivity index (χ1v) is 8.45. The van der Waals surface area contributed by atoms with Crippen LogP contribution in [0.2, 0.25) is 0 Å². The van der Waals surface area contributed by atoms with Crippen molar-refractivity contribution in [1.29, 1.82) is 0 Å². The molecule has 1 aliphatic heterocycles. The summed E-state index contributed by atoms with van der Waals surface area (Å²) in [6.07, 6.45) is 2.14. The monoisotopic (exact) mass is 306 g/mol. The van der Waals surface area contributed by atoms with Gasteiger partial charge in [0.2, 0.25) is 0 Å². The number of hydrogen-bond donors (Lipinski definition) is 1. The molecule has 1 saturated heterocycles. The first-order valence-electron chi connectivity index (χ1n) is 8.45.